The molecule has 1 fully saturated rings. The van der Waals surface area contributed by atoms with Gasteiger partial charge >= 0.3 is 0 Å². The van der Waals surface area contributed by atoms with Crippen LogP contribution in [0.3, 0.4) is 0 Å². The molecule has 0 saturated carbocycles. The molecule has 1 amide bonds. The van der Waals surface area contributed by atoms with Gasteiger partial charge in [0.05, 0.1) is 22.1 Å². The van der Waals surface area contributed by atoms with E-state index in [1.54, 1.807) is 12.0 Å². The van der Waals surface area contributed by atoms with E-state index in [2.05, 4.69) is 46.9 Å². The number of carbonyl (C=O) groups is 1. The average molecular weight is 624 g/mol. The summed E-state index contributed by atoms with van der Waals surface area (Å²) in [5, 5.41) is 2.35. The number of carbonyl (C=O) groups excluding carboxylic acids is 1. The van der Waals surface area contributed by atoms with Gasteiger partial charge in [-0.2, -0.15) is 0 Å². The Balaban J connectivity index is 1.37. The molecule has 36 heavy (non-hydrogen) atoms. The largest absolute Gasteiger partial charge is 0.493 e. The number of ether oxygens (including phenoxy) is 2. The Hall–Kier alpha value is -2.88. The maximum absolute atomic E-state index is 13.1. The van der Waals surface area contributed by atoms with Crippen LogP contribution in [-0.2, 0) is 17.9 Å². The standard InChI is InChI=1S/C29H22INO3S2/c1-33-25-15-20(16-26-28(32)31(29(35)36-26)17-19-8-3-2-4-9-19)14-24(30)27(25)34-18-22-12-7-11-21-10-5-6-13-23(21)22/h2-16H,17-18H2,1H3/b26-16-. The Morgan fingerprint density at radius 3 is 2.56 bits per heavy atom. The molecular weight excluding hydrogens is 601 g/mol. The minimum Gasteiger partial charge on any atom is -0.493 e. The van der Waals surface area contributed by atoms with Crippen molar-refractivity contribution in [2.75, 3.05) is 7.11 Å². The molecule has 4 aromatic rings. The van der Waals surface area contributed by atoms with Gasteiger partial charge in [0.15, 0.2) is 11.5 Å². The second-order valence-electron chi connectivity index (χ2n) is 8.21. The van der Waals surface area contributed by atoms with E-state index in [1.807, 2.05) is 66.7 Å². The van der Waals surface area contributed by atoms with Crippen molar-refractivity contribution >= 4 is 73.6 Å². The normalized spacial score (nSPS) is 14.6. The summed E-state index contributed by atoms with van der Waals surface area (Å²) in [4.78, 5) is 15.3. The van der Waals surface area contributed by atoms with E-state index >= 15 is 0 Å². The highest BCUT2D eigenvalue weighted by Crippen LogP contribution is 2.38. The molecule has 0 bridgehead atoms. The summed E-state index contributed by atoms with van der Waals surface area (Å²) in [7, 11) is 1.62. The number of benzene rings is 4. The molecule has 0 N–H and O–H groups in total. The third-order valence-electron chi connectivity index (χ3n) is 5.86. The van der Waals surface area contributed by atoms with Crippen LogP contribution in [-0.4, -0.2) is 22.2 Å². The molecule has 0 spiro atoms. The Labute approximate surface area is 233 Å². The SMILES string of the molecule is COc1cc(/C=C2\SC(=S)N(Cc3ccccc3)C2=O)cc(I)c1OCc1cccc2ccccc12. The molecule has 1 aliphatic heterocycles. The fourth-order valence-electron chi connectivity index (χ4n) is 4.09. The quantitative estimate of drug-likeness (QED) is 0.122. The van der Waals surface area contributed by atoms with Crippen LogP contribution in [0.2, 0.25) is 0 Å². The van der Waals surface area contributed by atoms with Crippen LogP contribution in [0.5, 0.6) is 11.5 Å². The van der Waals surface area contributed by atoms with Gasteiger partial charge < -0.3 is 9.47 Å². The van der Waals surface area contributed by atoms with Crippen molar-refractivity contribution in [1.82, 2.24) is 4.90 Å². The first kappa shape index (κ1) is 24.8. The fraction of sp³-hybridized carbons (Fsp3) is 0.103. The van der Waals surface area contributed by atoms with Crippen LogP contribution in [0.4, 0.5) is 0 Å². The molecule has 0 aliphatic carbocycles. The molecule has 0 unspecified atom stereocenters. The minimum atomic E-state index is -0.0842. The zero-order valence-corrected chi connectivity index (χ0v) is 23.2. The van der Waals surface area contributed by atoms with Gasteiger partial charge in [-0.15, -0.1) is 0 Å². The Bertz CT molecular complexity index is 1480. The first-order valence-corrected chi connectivity index (χ1v) is 13.6. The molecule has 1 aliphatic rings. The lowest BCUT2D eigenvalue weighted by molar-refractivity contribution is -0.122. The van der Waals surface area contributed by atoms with Crippen molar-refractivity contribution in [3.8, 4) is 11.5 Å². The van der Waals surface area contributed by atoms with Gasteiger partial charge in [0.2, 0.25) is 0 Å². The number of halogens is 1. The molecule has 5 rings (SSSR count). The first-order valence-electron chi connectivity index (χ1n) is 11.3. The van der Waals surface area contributed by atoms with Gasteiger partial charge in [-0.3, -0.25) is 9.69 Å². The summed E-state index contributed by atoms with van der Waals surface area (Å²) < 4.78 is 13.4. The lowest BCUT2D eigenvalue weighted by Gasteiger charge is -2.15. The summed E-state index contributed by atoms with van der Waals surface area (Å²) in [5.41, 5.74) is 3.00. The molecule has 4 nitrogen and oxygen atoms in total. The third kappa shape index (κ3) is 5.28. The molecule has 7 heteroatoms. The molecule has 180 valence electrons. The van der Waals surface area contributed by atoms with E-state index in [0.717, 1.165) is 20.3 Å². The number of hydrogen-bond donors (Lipinski definition) is 0. The zero-order chi connectivity index (χ0) is 25.1. The molecule has 4 aromatic carbocycles. The number of amides is 1. The van der Waals surface area contributed by atoms with Crippen LogP contribution >= 0.6 is 46.6 Å². The zero-order valence-electron chi connectivity index (χ0n) is 19.4. The second-order valence-corrected chi connectivity index (χ2v) is 11.1. The van der Waals surface area contributed by atoms with Crippen molar-refractivity contribution in [1.29, 1.82) is 0 Å². The molecular formula is C29H22INO3S2. The van der Waals surface area contributed by atoms with Crippen LogP contribution in [0.15, 0.2) is 89.8 Å². The topological polar surface area (TPSA) is 38.8 Å². The maximum atomic E-state index is 13.1. The van der Waals surface area contributed by atoms with Crippen LogP contribution in [0, 0.1) is 3.57 Å². The smallest absolute Gasteiger partial charge is 0.266 e. The monoisotopic (exact) mass is 623 g/mol. The fourth-order valence-corrected chi connectivity index (χ4v) is 6.12. The highest BCUT2D eigenvalue weighted by atomic mass is 127. The van der Waals surface area contributed by atoms with E-state index in [4.69, 9.17) is 21.7 Å². The predicted molar refractivity (Wildman–Crippen MR) is 159 cm³/mol. The minimum absolute atomic E-state index is 0.0842. The molecule has 1 heterocycles. The summed E-state index contributed by atoms with van der Waals surface area (Å²) in [6.07, 6.45) is 1.86. The van der Waals surface area contributed by atoms with E-state index < -0.39 is 0 Å². The van der Waals surface area contributed by atoms with Crippen LogP contribution in [0.25, 0.3) is 16.8 Å². The average Bonchev–Trinajstić information content (AvgIpc) is 3.15. The first-order chi connectivity index (χ1) is 17.5. The van der Waals surface area contributed by atoms with Crippen molar-refractivity contribution in [3.63, 3.8) is 0 Å². The molecule has 0 atom stereocenters. The Kier molecular flexibility index (Phi) is 7.59. The van der Waals surface area contributed by atoms with Gasteiger partial charge in [0, 0.05) is 0 Å². The predicted octanol–water partition coefficient (Wildman–Crippen LogP) is 7.43. The van der Waals surface area contributed by atoms with Crippen LogP contribution < -0.4 is 9.47 Å². The van der Waals surface area contributed by atoms with E-state index in [-0.39, 0.29) is 5.91 Å². The lowest BCUT2D eigenvalue weighted by Crippen LogP contribution is -2.27. The van der Waals surface area contributed by atoms with Crippen molar-refractivity contribution < 1.29 is 14.3 Å². The van der Waals surface area contributed by atoms with Crippen molar-refractivity contribution in [3.05, 3.63) is 110 Å². The number of nitrogens with zero attached hydrogens (tertiary/aromatic N) is 1. The van der Waals surface area contributed by atoms with E-state index in [1.165, 1.54) is 22.5 Å². The van der Waals surface area contributed by atoms with Gasteiger partial charge in [0.25, 0.3) is 5.91 Å². The highest BCUT2D eigenvalue weighted by Gasteiger charge is 2.32. The molecule has 0 radical (unpaired) electrons. The van der Waals surface area contributed by atoms with Gasteiger partial charge in [0.1, 0.15) is 10.9 Å². The number of thiocarbonyl (C=S) groups is 1. The van der Waals surface area contributed by atoms with Gasteiger partial charge in [-0.25, -0.2) is 0 Å². The summed E-state index contributed by atoms with van der Waals surface area (Å²) in [5.74, 6) is 1.21. The number of methoxy groups -OCH3 is 1. The van der Waals surface area contributed by atoms with Gasteiger partial charge in [-0.1, -0.05) is 96.8 Å². The molecule has 0 aromatic heterocycles. The van der Waals surface area contributed by atoms with Crippen molar-refractivity contribution in [2.24, 2.45) is 0 Å². The summed E-state index contributed by atoms with van der Waals surface area (Å²) in [6, 6.07) is 28.2. The number of fused-ring (bicyclic) bond motifs is 1. The van der Waals surface area contributed by atoms with Crippen LogP contribution in [0.1, 0.15) is 16.7 Å². The number of hydrogen-bond acceptors (Lipinski definition) is 5. The maximum Gasteiger partial charge on any atom is 0.266 e. The van der Waals surface area contributed by atoms with E-state index in [0.29, 0.717) is 33.9 Å². The molecule has 1 saturated heterocycles. The second kappa shape index (κ2) is 11.0. The number of thioether (sulfide) groups is 1. The van der Waals surface area contributed by atoms with E-state index in [9.17, 15) is 4.79 Å². The number of rotatable bonds is 7. The summed E-state index contributed by atoms with van der Waals surface area (Å²) >= 11 is 9.07. The summed E-state index contributed by atoms with van der Waals surface area (Å²) in [6.45, 7) is 0.885. The van der Waals surface area contributed by atoms with Gasteiger partial charge in [-0.05, 0) is 68.3 Å². The Morgan fingerprint density at radius 1 is 1.00 bits per heavy atom. The van der Waals surface area contributed by atoms with Crippen molar-refractivity contribution in [2.45, 2.75) is 13.2 Å². The highest BCUT2D eigenvalue weighted by molar-refractivity contribution is 14.1. The Morgan fingerprint density at radius 2 is 1.75 bits per heavy atom. The lowest BCUT2D eigenvalue weighted by atomic mass is 10.1. The third-order valence-corrected chi connectivity index (χ3v) is 8.04.